The molecule has 2 saturated carbocycles. The van der Waals surface area contributed by atoms with Gasteiger partial charge in [-0.25, -0.2) is 4.39 Å². The number of hydrogen-bond donors (Lipinski definition) is 2. The van der Waals surface area contributed by atoms with Crippen molar-refractivity contribution in [2.24, 2.45) is 11.7 Å². The normalized spacial score (nSPS) is 24.5. The van der Waals surface area contributed by atoms with Crippen LogP contribution in [0.5, 0.6) is 0 Å². The fraction of sp³-hybridized carbons (Fsp3) is 0.419. The number of carbonyl (C=O) groups is 2. The van der Waals surface area contributed by atoms with E-state index >= 15 is 0 Å². The van der Waals surface area contributed by atoms with E-state index in [0.29, 0.717) is 30.8 Å². The third-order valence-electron chi connectivity index (χ3n) is 8.39. The van der Waals surface area contributed by atoms with Gasteiger partial charge in [0, 0.05) is 55.9 Å². The van der Waals surface area contributed by atoms with Crippen molar-refractivity contribution in [3.63, 3.8) is 0 Å². The van der Waals surface area contributed by atoms with Crippen LogP contribution in [0.15, 0.2) is 60.7 Å². The van der Waals surface area contributed by atoms with Gasteiger partial charge >= 0.3 is 0 Å². The van der Waals surface area contributed by atoms with Crippen LogP contribution in [-0.2, 0) is 15.1 Å². The molecule has 0 saturated heterocycles. The molecule has 2 fully saturated rings. The van der Waals surface area contributed by atoms with Gasteiger partial charge in [-0.1, -0.05) is 54.6 Å². The van der Waals surface area contributed by atoms with Crippen molar-refractivity contribution in [2.45, 2.75) is 69.6 Å². The summed E-state index contributed by atoms with van der Waals surface area (Å²) in [4.78, 5) is 26.4. The highest BCUT2D eigenvalue weighted by molar-refractivity contribution is 5.91. The minimum atomic E-state index is -0.837. The zero-order chi connectivity index (χ0) is 27.6. The van der Waals surface area contributed by atoms with Crippen LogP contribution in [-0.4, -0.2) is 46.2 Å². The smallest absolute Gasteiger partial charge is 0.225 e. The van der Waals surface area contributed by atoms with Crippen LogP contribution >= 0.6 is 0 Å². The van der Waals surface area contributed by atoms with E-state index in [4.69, 9.17) is 5.73 Å². The summed E-state index contributed by atoms with van der Waals surface area (Å²) in [5, 5.41) is 11.8. The number of carbonyl (C=O) groups excluding carboxylic acids is 2. The highest BCUT2D eigenvalue weighted by Crippen LogP contribution is 2.41. The molecule has 0 radical (unpaired) electrons. The summed E-state index contributed by atoms with van der Waals surface area (Å²) in [6, 6.07) is 19.8. The van der Waals surface area contributed by atoms with Crippen LogP contribution in [0.3, 0.4) is 0 Å². The maximum Gasteiger partial charge on any atom is 0.225 e. The van der Waals surface area contributed by atoms with E-state index in [-0.39, 0.29) is 23.8 Å². The first-order valence-electron chi connectivity index (χ1n) is 13.7. The van der Waals surface area contributed by atoms with Gasteiger partial charge in [-0.3, -0.25) is 9.59 Å². The molecule has 0 unspecified atom stereocenters. The summed E-state index contributed by atoms with van der Waals surface area (Å²) in [5.41, 5.74) is 10.1. The summed E-state index contributed by atoms with van der Waals surface area (Å²) >= 11 is 0. The van der Waals surface area contributed by atoms with Crippen LogP contribution in [0, 0.1) is 5.92 Å². The van der Waals surface area contributed by atoms with Gasteiger partial charge in [0.05, 0.1) is 0 Å². The molecule has 3 N–H and O–H groups in total. The predicted molar refractivity (Wildman–Crippen MR) is 150 cm³/mol. The van der Waals surface area contributed by atoms with E-state index in [1.807, 2.05) is 72.6 Å². The average Bonchev–Trinajstić information content (AvgIpc) is 2.93. The second kappa shape index (κ2) is 11.2. The number of alkyl halides is 1. The Balaban J connectivity index is 1.30. The van der Waals surface area contributed by atoms with E-state index in [1.54, 1.807) is 6.92 Å². The zero-order valence-corrected chi connectivity index (χ0v) is 22.6. The van der Waals surface area contributed by atoms with Crippen LogP contribution in [0.4, 0.5) is 10.2 Å². The molecule has 0 spiro atoms. The first kappa shape index (κ1) is 26.9. The monoisotopic (exact) mass is 529 g/mol. The molecule has 7 nitrogen and oxygen atoms in total. The molecule has 0 aliphatic heterocycles. The van der Waals surface area contributed by atoms with Crippen LogP contribution in [0.1, 0.15) is 57.4 Å². The number of amides is 2. The SMILES string of the molecule is CC(=O)N(C)C1CCC(CC(=O)Nc2cc(-c3ccccc3)c(-c3ccc([C@]4(N)C[C@@H](F)C4)cc3)nn2)CC1. The van der Waals surface area contributed by atoms with Crippen molar-refractivity contribution in [2.75, 3.05) is 12.4 Å². The molecule has 1 heterocycles. The second-order valence-electron chi connectivity index (χ2n) is 11.2. The number of hydrogen-bond acceptors (Lipinski definition) is 5. The second-order valence-corrected chi connectivity index (χ2v) is 11.2. The summed E-state index contributed by atoms with van der Waals surface area (Å²) in [7, 11) is 1.85. The summed E-state index contributed by atoms with van der Waals surface area (Å²) in [6.07, 6.45) is 3.93. The van der Waals surface area contributed by atoms with Gasteiger partial charge in [-0.05, 0) is 48.8 Å². The summed E-state index contributed by atoms with van der Waals surface area (Å²) < 4.78 is 13.5. The minimum Gasteiger partial charge on any atom is -0.343 e. The van der Waals surface area contributed by atoms with E-state index in [9.17, 15) is 14.0 Å². The molecule has 204 valence electrons. The molecule has 2 aliphatic rings. The Morgan fingerprint density at radius 1 is 1.00 bits per heavy atom. The number of aromatic nitrogens is 2. The standard InChI is InChI=1S/C31H36FN5O2/c1-20(38)37(2)26-14-8-21(9-15-26)16-29(39)34-28-17-27(22-6-4-3-5-7-22)30(36-35-28)23-10-12-24(13-11-23)31(33)18-25(32)19-31/h3-7,10-13,17,21,25-26H,8-9,14-16,18-19,33H2,1-2H3,(H,34,35,39)/t21?,25-,26?,31+. The Morgan fingerprint density at radius 3 is 2.28 bits per heavy atom. The zero-order valence-electron chi connectivity index (χ0n) is 22.6. The molecule has 2 aromatic carbocycles. The number of rotatable bonds is 7. The van der Waals surface area contributed by atoms with Gasteiger partial charge in [-0.2, -0.15) is 0 Å². The lowest BCUT2D eigenvalue weighted by molar-refractivity contribution is -0.130. The van der Waals surface area contributed by atoms with Gasteiger partial charge in [0.2, 0.25) is 11.8 Å². The topological polar surface area (TPSA) is 101 Å². The quantitative estimate of drug-likeness (QED) is 0.423. The van der Waals surface area contributed by atoms with Gasteiger partial charge in [0.1, 0.15) is 11.9 Å². The number of halogens is 1. The molecule has 39 heavy (non-hydrogen) atoms. The molecule has 2 amide bonds. The van der Waals surface area contributed by atoms with Crippen molar-refractivity contribution in [1.82, 2.24) is 15.1 Å². The van der Waals surface area contributed by atoms with Gasteiger partial charge in [0.15, 0.2) is 5.82 Å². The third kappa shape index (κ3) is 6.01. The summed E-state index contributed by atoms with van der Waals surface area (Å²) in [6.45, 7) is 1.59. The van der Waals surface area contributed by atoms with E-state index in [1.165, 1.54) is 0 Å². The van der Waals surface area contributed by atoms with Crippen LogP contribution < -0.4 is 11.1 Å². The Hall–Kier alpha value is -3.65. The van der Waals surface area contributed by atoms with E-state index in [2.05, 4.69) is 15.5 Å². The summed E-state index contributed by atoms with van der Waals surface area (Å²) in [5.74, 6) is 0.701. The Bertz CT molecular complexity index is 1320. The fourth-order valence-corrected chi connectivity index (χ4v) is 5.88. The highest BCUT2D eigenvalue weighted by atomic mass is 19.1. The lowest BCUT2D eigenvalue weighted by atomic mass is 9.71. The Morgan fingerprint density at radius 2 is 1.67 bits per heavy atom. The van der Waals surface area contributed by atoms with E-state index in [0.717, 1.165) is 47.9 Å². The van der Waals surface area contributed by atoms with Gasteiger partial charge in [0.25, 0.3) is 0 Å². The molecule has 5 rings (SSSR count). The number of anilines is 1. The molecule has 3 aromatic rings. The van der Waals surface area contributed by atoms with Crippen LogP contribution in [0.25, 0.3) is 22.4 Å². The van der Waals surface area contributed by atoms with Gasteiger partial charge in [-0.15, -0.1) is 10.2 Å². The molecular weight excluding hydrogens is 493 g/mol. The number of nitrogens with two attached hydrogens (primary N) is 1. The van der Waals surface area contributed by atoms with Crippen molar-refractivity contribution in [3.8, 4) is 22.4 Å². The largest absolute Gasteiger partial charge is 0.343 e. The van der Waals surface area contributed by atoms with Crippen molar-refractivity contribution in [3.05, 3.63) is 66.2 Å². The fourth-order valence-electron chi connectivity index (χ4n) is 5.88. The first-order chi connectivity index (χ1) is 18.7. The number of nitrogens with zero attached hydrogens (tertiary/aromatic N) is 3. The molecule has 0 atom stereocenters. The van der Waals surface area contributed by atoms with Crippen LogP contribution in [0.2, 0.25) is 0 Å². The molecule has 1 aromatic heterocycles. The van der Waals surface area contributed by atoms with Crippen molar-refractivity contribution in [1.29, 1.82) is 0 Å². The Labute approximate surface area is 229 Å². The molecule has 0 bridgehead atoms. The Kier molecular flexibility index (Phi) is 7.75. The molecular formula is C31H36FN5O2. The average molecular weight is 530 g/mol. The number of nitrogens with one attached hydrogen (secondary N) is 1. The first-order valence-corrected chi connectivity index (χ1v) is 13.7. The lowest BCUT2D eigenvalue weighted by Crippen LogP contribution is -2.50. The van der Waals surface area contributed by atoms with E-state index < -0.39 is 11.7 Å². The number of benzene rings is 2. The van der Waals surface area contributed by atoms with Crippen molar-refractivity contribution < 1.29 is 14.0 Å². The minimum absolute atomic E-state index is 0.0799. The molecule has 8 heteroatoms. The third-order valence-corrected chi connectivity index (χ3v) is 8.39. The highest BCUT2D eigenvalue weighted by Gasteiger charge is 2.42. The van der Waals surface area contributed by atoms with Crippen molar-refractivity contribution >= 4 is 17.6 Å². The maximum absolute atomic E-state index is 13.5. The lowest BCUT2D eigenvalue weighted by Gasteiger charge is -2.41. The predicted octanol–water partition coefficient (Wildman–Crippen LogP) is 5.46. The van der Waals surface area contributed by atoms with Gasteiger partial charge < -0.3 is 16.0 Å². The molecule has 2 aliphatic carbocycles. The maximum atomic E-state index is 13.5.